The SMILES string of the molecule is CCNCc1cnc(OCC2CCOCC2)cn1. The van der Waals surface area contributed by atoms with E-state index in [0.29, 0.717) is 18.4 Å². The smallest absolute Gasteiger partial charge is 0.232 e. The molecule has 0 radical (unpaired) electrons. The zero-order chi connectivity index (χ0) is 12.6. The lowest BCUT2D eigenvalue weighted by atomic mass is 10.0. The first-order valence-corrected chi connectivity index (χ1v) is 6.60. The highest BCUT2D eigenvalue weighted by atomic mass is 16.5. The lowest BCUT2D eigenvalue weighted by Crippen LogP contribution is -2.21. The average Bonchev–Trinajstić information content (AvgIpc) is 2.45. The molecule has 5 nitrogen and oxygen atoms in total. The van der Waals surface area contributed by atoms with Gasteiger partial charge < -0.3 is 14.8 Å². The Hall–Kier alpha value is -1.20. The Bertz CT molecular complexity index is 337. The summed E-state index contributed by atoms with van der Waals surface area (Å²) in [6.07, 6.45) is 5.62. The van der Waals surface area contributed by atoms with Crippen molar-refractivity contribution < 1.29 is 9.47 Å². The summed E-state index contributed by atoms with van der Waals surface area (Å²) >= 11 is 0. The first-order valence-electron chi connectivity index (χ1n) is 6.60. The van der Waals surface area contributed by atoms with Crippen LogP contribution in [0.25, 0.3) is 0 Å². The van der Waals surface area contributed by atoms with Crippen molar-refractivity contribution in [3.8, 4) is 5.88 Å². The second kappa shape index (κ2) is 7.28. The van der Waals surface area contributed by atoms with Gasteiger partial charge in [0.05, 0.1) is 24.7 Å². The number of ether oxygens (including phenoxy) is 2. The van der Waals surface area contributed by atoms with Crippen molar-refractivity contribution in [1.82, 2.24) is 15.3 Å². The molecule has 18 heavy (non-hydrogen) atoms. The van der Waals surface area contributed by atoms with Gasteiger partial charge in [-0.15, -0.1) is 0 Å². The molecule has 0 saturated carbocycles. The van der Waals surface area contributed by atoms with E-state index < -0.39 is 0 Å². The zero-order valence-corrected chi connectivity index (χ0v) is 10.9. The number of aromatic nitrogens is 2. The minimum Gasteiger partial charge on any atom is -0.476 e. The molecule has 2 rings (SSSR count). The molecule has 5 heteroatoms. The van der Waals surface area contributed by atoms with Gasteiger partial charge in [0.15, 0.2) is 0 Å². The molecule has 0 amide bonds. The molecule has 0 aromatic carbocycles. The standard InChI is InChI=1S/C13H21N3O2/c1-2-14-7-12-8-16-13(9-15-12)18-10-11-3-5-17-6-4-11/h8-9,11,14H,2-7,10H2,1H3. The fourth-order valence-electron chi connectivity index (χ4n) is 1.88. The van der Waals surface area contributed by atoms with Gasteiger partial charge in [-0.1, -0.05) is 6.92 Å². The summed E-state index contributed by atoms with van der Waals surface area (Å²) in [5.41, 5.74) is 0.940. The van der Waals surface area contributed by atoms with Crippen LogP contribution < -0.4 is 10.1 Å². The Labute approximate surface area is 108 Å². The maximum absolute atomic E-state index is 5.66. The second-order valence-corrected chi connectivity index (χ2v) is 4.49. The summed E-state index contributed by atoms with van der Waals surface area (Å²) in [5, 5.41) is 3.21. The Morgan fingerprint density at radius 1 is 1.33 bits per heavy atom. The molecule has 2 heterocycles. The van der Waals surface area contributed by atoms with Gasteiger partial charge in [0, 0.05) is 19.8 Å². The summed E-state index contributed by atoms with van der Waals surface area (Å²) in [4.78, 5) is 8.57. The minimum atomic E-state index is 0.585. The normalized spacial score (nSPS) is 16.7. The van der Waals surface area contributed by atoms with E-state index in [1.807, 2.05) is 0 Å². The van der Waals surface area contributed by atoms with E-state index in [2.05, 4.69) is 22.2 Å². The van der Waals surface area contributed by atoms with Crippen molar-refractivity contribution in [1.29, 1.82) is 0 Å². The van der Waals surface area contributed by atoms with Crippen LogP contribution in [-0.4, -0.2) is 36.3 Å². The van der Waals surface area contributed by atoms with Crippen LogP contribution in [0.4, 0.5) is 0 Å². The van der Waals surface area contributed by atoms with Gasteiger partial charge in [-0.25, -0.2) is 4.98 Å². The monoisotopic (exact) mass is 251 g/mol. The molecular formula is C13H21N3O2. The Kier molecular flexibility index (Phi) is 5.36. The largest absolute Gasteiger partial charge is 0.476 e. The van der Waals surface area contributed by atoms with E-state index in [0.717, 1.165) is 44.8 Å². The van der Waals surface area contributed by atoms with E-state index in [1.54, 1.807) is 12.4 Å². The summed E-state index contributed by atoms with van der Waals surface area (Å²) in [5.74, 6) is 1.20. The average molecular weight is 251 g/mol. The second-order valence-electron chi connectivity index (χ2n) is 4.49. The van der Waals surface area contributed by atoms with Crippen LogP contribution in [0.1, 0.15) is 25.5 Å². The van der Waals surface area contributed by atoms with Gasteiger partial charge in [-0.3, -0.25) is 4.98 Å². The van der Waals surface area contributed by atoms with Crippen LogP contribution in [-0.2, 0) is 11.3 Å². The number of nitrogens with one attached hydrogen (secondary N) is 1. The topological polar surface area (TPSA) is 56.3 Å². The quantitative estimate of drug-likeness (QED) is 0.828. The van der Waals surface area contributed by atoms with E-state index in [9.17, 15) is 0 Å². The van der Waals surface area contributed by atoms with Gasteiger partial charge in [-0.2, -0.15) is 0 Å². The van der Waals surface area contributed by atoms with Crippen molar-refractivity contribution in [2.45, 2.75) is 26.3 Å². The molecule has 1 saturated heterocycles. The van der Waals surface area contributed by atoms with Crippen LogP contribution in [0, 0.1) is 5.92 Å². The molecule has 1 aliphatic rings. The number of rotatable bonds is 6. The molecule has 1 fully saturated rings. The lowest BCUT2D eigenvalue weighted by Gasteiger charge is -2.21. The minimum absolute atomic E-state index is 0.585. The lowest BCUT2D eigenvalue weighted by molar-refractivity contribution is 0.0489. The van der Waals surface area contributed by atoms with Crippen molar-refractivity contribution in [2.24, 2.45) is 5.92 Å². The van der Waals surface area contributed by atoms with Gasteiger partial charge in [0.1, 0.15) is 0 Å². The molecule has 0 unspecified atom stereocenters. The highest BCUT2D eigenvalue weighted by molar-refractivity contribution is 5.07. The van der Waals surface area contributed by atoms with E-state index in [1.165, 1.54) is 0 Å². The molecule has 0 aliphatic carbocycles. The molecule has 0 spiro atoms. The Morgan fingerprint density at radius 2 is 2.17 bits per heavy atom. The van der Waals surface area contributed by atoms with E-state index in [4.69, 9.17) is 9.47 Å². The fraction of sp³-hybridized carbons (Fsp3) is 0.692. The highest BCUT2D eigenvalue weighted by Gasteiger charge is 2.14. The first kappa shape index (κ1) is 13.2. The Morgan fingerprint density at radius 3 is 2.83 bits per heavy atom. The third-order valence-corrected chi connectivity index (χ3v) is 3.05. The third kappa shape index (κ3) is 4.23. The summed E-state index contributed by atoms with van der Waals surface area (Å²) in [7, 11) is 0. The predicted molar refractivity (Wildman–Crippen MR) is 68.5 cm³/mol. The molecule has 100 valence electrons. The van der Waals surface area contributed by atoms with Crippen LogP contribution in [0.15, 0.2) is 12.4 Å². The molecule has 1 aromatic rings. The number of hydrogen-bond acceptors (Lipinski definition) is 5. The van der Waals surface area contributed by atoms with Crippen LogP contribution in [0.5, 0.6) is 5.88 Å². The van der Waals surface area contributed by atoms with Crippen LogP contribution in [0.3, 0.4) is 0 Å². The van der Waals surface area contributed by atoms with Crippen LogP contribution in [0.2, 0.25) is 0 Å². The van der Waals surface area contributed by atoms with Crippen molar-refractivity contribution in [3.63, 3.8) is 0 Å². The maximum Gasteiger partial charge on any atom is 0.232 e. The van der Waals surface area contributed by atoms with Gasteiger partial charge in [0.25, 0.3) is 0 Å². The van der Waals surface area contributed by atoms with Crippen molar-refractivity contribution >= 4 is 0 Å². The molecule has 1 N–H and O–H groups in total. The number of nitrogens with zero attached hydrogens (tertiary/aromatic N) is 2. The maximum atomic E-state index is 5.66. The molecule has 0 bridgehead atoms. The molecule has 0 atom stereocenters. The van der Waals surface area contributed by atoms with Crippen LogP contribution >= 0.6 is 0 Å². The van der Waals surface area contributed by atoms with E-state index in [-0.39, 0.29) is 0 Å². The number of hydrogen-bond donors (Lipinski definition) is 1. The van der Waals surface area contributed by atoms with Gasteiger partial charge >= 0.3 is 0 Å². The molecule has 1 aliphatic heterocycles. The fourth-order valence-corrected chi connectivity index (χ4v) is 1.88. The van der Waals surface area contributed by atoms with Crippen molar-refractivity contribution in [3.05, 3.63) is 18.1 Å². The molecular weight excluding hydrogens is 230 g/mol. The summed E-state index contributed by atoms with van der Waals surface area (Å²) in [6, 6.07) is 0. The van der Waals surface area contributed by atoms with Gasteiger partial charge in [-0.05, 0) is 25.3 Å². The molecule has 1 aromatic heterocycles. The summed E-state index contributed by atoms with van der Waals surface area (Å²) in [6.45, 7) is 6.17. The van der Waals surface area contributed by atoms with Crippen molar-refractivity contribution in [2.75, 3.05) is 26.4 Å². The Balaban J connectivity index is 1.75. The third-order valence-electron chi connectivity index (χ3n) is 3.05. The van der Waals surface area contributed by atoms with E-state index >= 15 is 0 Å². The summed E-state index contributed by atoms with van der Waals surface area (Å²) < 4.78 is 11.0. The highest BCUT2D eigenvalue weighted by Crippen LogP contribution is 2.16. The van der Waals surface area contributed by atoms with Gasteiger partial charge in [0.2, 0.25) is 5.88 Å². The zero-order valence-electron chi connectivity index (χ0n) is 10.9. The first-order chi connectivity index (χ1) is 8.88. The predicted octanol–water partition coefficient (Wildman–Crippen LogP) is 1.39.